The monoisotopic (exact) mass is 433 g/mol. The highest BCUT2D eigenvalue weighted by atomic mass is 16.5. The average molecular weight is 434 g/mol. The summed E-state index contributed by atoms with van der Waals surface area (Å²) in [6, 6.07) is 14.4. The number of carbonyl (C=O) groups is 1. The molecule has 1 heterocycles. The Balaban J connectivity index is 1.76. The van der Waals surface area contributed by atoms with Crippen molar-refractivity contribution in [1.29, 1.82) is 0 Å². The van der Waals surface area contributed by atoms with E-state index >= 15 is 0 Å². The molecule has 2 aromatic carbocycles. The molecule has 0 aliphatic heterocycles. The first-order chi connectivity index (χ1) is 15.6. The fraction of sp³-hybridized carbons (Fsp3) is 0.231. The standard InChI is InChI=1S/C26H27NO5/c1-4-29-23-17-21(18-24(30-5-2)25(23)31-6-3)26(28)32-22-11-9-19(10-12-22)7-8-20-13-15-27-16-14-20/h7-18H,4-6H2,1-3H3/b8-7+. The van der Waals surface area contributed by atoms with Gasteiger partial charge in [-0.2, -0.15) is 0 Å². The number of esters is 1. The molecule has 0 bridgehead atoms. The van der Waals surface area contributed by atoms with Gasteiger partial charge in [-0.05, 0) is 68.3 Å². The number of hydrogen-bond donors (Lipinski definition) is 0. The van der Waals surface area contributed by atoms with Gasteiger partial charge >= 0.3 is 5.97 Å². The first kappa shape index (κ1) is 22.9. The molecule has 0 N–H and O–H groups in total. The van der Waals surface area contributed by atoms with Gasteiger partial charge in [-0.1, -0.05) is 24.3 Å². The maximum absolute atomic E-state index is 12.8. The number of ether oxygens (including phenoxy) is 4. The Labute approximate surface area is 188 Å². The molecule has 0 atom stereocenters. The molecule has 0 unspecified atom stereocenters. The fourth-order valence-corrected chi connectivity index (χ4v) is 2.99. The summed E-state index contributed by atoms with van der Waals surface area (Å²) in [6.07, 6.45) is 7.47. The van der Waals surface area contributed by atoms with Gasteiger partial charge < -0.3 is 18.9 Å². The van der Waals surface area contributed by atoms with E-state index in [1.54, 1.807) is 36.7 Å². The highest BCUT2D eigenvalue weighted by molar-refractivity contribution is 5.92. The van der Waals surface area contributed by atoms with E-state index in [1.807, 2.05) is 57.2 Å². The number of hydrogen-bond acceptors (Lipinski definition) is 6. The van der Waals surface area contributed by atoms with E-state index in [0.29, 0.717) is 48.4 Å². The minimum Gasteiger partial charge on any atom is -0.490 e. The number of rotatable bonds is 10. The summed E-state index contributed by atoms with van der Waals surface area (Å²) >= 11 is 0. The number of aromatic nitrogens is 1. The SMILES string of the molecule is CCOc1cc(C(=O)Oc2ccc(/C=C/c3ccncc3)cc2)cc(OCC)c1OCC. The number of carbonyl (C=O) groups excluding carboxylic acids is 1. The molecule has 32 heavy (non-hydrogen) atoms. The zero-order valence-corrected chi connectivity index (χ0v) is 18.5. The van der Waals surface area contributed by atoms with E-state index in [1.165, 1.54) is 0 Å². The van der Waals surface area contributed by atoms with Crippen LogP contribution in [-0.4, -0.2) is 30.8 Å². The Bertz CT molecular complexity index is 1020. The van der Waals surface area contributed by atoms with Crippen molar-refractivity contribution in [3.05, 3.63) is 77.6 Å². The normalized spacial score (nSPS) is 10.7. The van der Waals surface area contributed by atoms with Crippen molar-refractivity contribution >= 4 is 18.1 Å². The highest BCUT2D eigenvalue weighted by Gasteiger charge is 2.19. The second-order valence-electron chi connectivity index (χ2n) is 6.67. The smallest absolute Gasteiger partial charge is 0.343 e. The quantitative estimate of drug-likeness (QED) is 0.303. The van der Waals surface area contributed by atoms with Crippen LogP contribution in [0.5, 0.6) is 23.0 Å². The van der Waals surface area contributed by atoms with Crippen LogP contribution in [0.25, 0.3) is 12.2 Å². The van der Waals surface area contributed by atoms with Crippen LogP contribution in [0.1, 0.15) is 42.3 Å². The van der Waals surface area contributed by atoms with Gasteiger partial charge in [-0.15, -0.1) is 0 Å². The van der Waals surface area contributed by atoms with Gasteiger partial charge in [-0.25, -0.2) is 4.79 Å². The maximum Gasteiger partial charge on any atom is 0.343 e. The van der Waals surface area contributed by atoms with E-state index in [2.05, 4.69) is 4.98 Å². The van der Waals surface area contributed by atoms with E-state index < -0.39 is 5.97 Å². The van der Waals surface area contributed by atoms with Gasteiger partial charge in [0, 0.05) is 12.4 Å². The van der Waals surface area contributed by atoms with Gasteiger partial charge in [0.1, 0.15) is 5.75 Å². The molecule has 0 fully saturated rings. The van der Waals surface area contributed by atoms with Crippen molar-refractivity contribution in [1.82, 2.24) is 4.98 Å². The third-order valence-electron chi connectivity index (χ3n) is 4.41. The molecule has 3 rings (SSSR count). The fourth-order valence-electron chi connectivity index (χ4n) is 2.99. The third-order valence-corrected chi connectivity index (χ3v) is 4.41. The van der Waals surface area contributed by atoms with Crippen LogP contribution < -0.4 is 18.9 Å². The van der Waals surface area contributed by atoms with Crippen molar-refractivity contribution < 1.29 is 23.7 Å². The summed E-state index contributed by atoms with van der Waals surface area (Å²) in [5.41, 5.74) is 2.36. The van der Waals surface area contributed by atoms with Crippen LogP contribution in [0.2, 0.25) is 0 Å². The van der Waals surface area contributed by atoms with Gasteiger partial charge in [0.2, 0.25) is 5.75 Å². The third kappa shape index (κ3) is 6.11. The van der Waals surface area contributed by atoms with Crippen molar-refractivity contribution in [3.63, 3.8) is 0 Å². The lowest BCUT2D eigenvalue weighted by atomic mass is 10.1. The molecule has 0 amide bonds. The largest absolute Gasteiger partial charge is 0.490 e. The van der Waals surface area contributed by atoms with E-state index in [-0.39, 0.29) is 0 Å². The van der Waals surface area contributed by atoms with Gasteiger partial charge in [0.25, 0.3) is 0 Å². The van der Waals surface area contributed by atoms with Crippen molar-refractivity contribution in [3.8, 4) is 23.0 Å². The minimum absolute atomic E-state index is 0.321. The Morgan fingerprint density at radius 2 is 1.31 bits per heavy atom. The molecule has 0 aliphatic carbocycles. The predicted octanol–water partition coefficient (Wildman–Crippen LogP) is 5.67. The molecule has 0 aliphatic rings. The minimum atomic E-state index is -0.505. The zero-order chi connectivity index (χ0) is 22.8. The molecule has 6 nitrogen and oxygen atoms in total. The van der Waals surface area contributed by atoms with Crippen molar-refractivity contribution in [2.24, 2.45) is 0 Å². The van der Waals surface area contributed by atoms with Crippen LogP contribution in [0.3, 0.4) is 0 Å². The zero-order valence-electron chi connectivity index (χ0n) is 18.5. The summed E-state index contributed by atoms with van der Waals surface area (Å²) in [6.45, 7) is 6.92. The summed E-state index contributed by atoms with van der Waals surface area (Å²) < 4.78 is 22.6. The molecule has 0 saturated heterocycles. The maximum atomic E-state index is 12.8. The number of pyridine rings is 1. The summed E-state index contributed by atoms with van der Waals surface area (Å²) in [5, 5.41) is 0. The second kappa shape index (κ2) is 11.6. The first-order valence-electron chi connectivity index (χ1n) is 10.6. The summed E-state index contributed by atoms with van der Waals surface area (Å²) in [5.74, 6) is 1.32. The molecular weight excluding hydrogens is 406 g/mol. The molecule has 0 radical (unpaired) electrons. The summed E-state index contributed by atoms with van der Waals surface area (Å²) in [4.78, 5) is 16.8. The number of nitrogens with zero attached hydrogens (tertiary/aromatic N) is 1. The van der Waals surface area contributed by atoms with Crippen LogP contribution in [-0.2, 0) is 0 Å². The topological polar surface area (TPSA) is 66.9 Å². The number of benzene rings is 2. The molecule has 1 aromatic heterocycles. The van der Waals surface area contributed by atoms with E-state index in [0.717, 1.165) is 11.1 Å². The van der Waals surface area contributed by atoms with Gasteiger partial charge in [-0.3, -0.25) is 4.98 Å². The average Bonchev–Trinajstić information content (AvgIpc) is 2.81. The van der Waals surface area contributed by atoms with E-state index in [9.17, 15) is 4.79 Å². The predicted molar refractivity (Wildman–Crippen MR) is 125 cm³/mol. The Hall–Kier alpha value is -3.80. The Kier molecular flexibility index (Phi) is 8.26. The lowest BCUT2D eigenvalue weighted by Crippen LogP contribution is -2.11. The second-order valence-corrected chi connectivity index (χ2v) is 6.67. The first-order valence-corrected chi connectivity index (χ1v) is 10.6. The molecule has 3 aromatic rings. The van der Waals surface area contributed by atoms with Crippen LogP contribution in [0.4, 0.5) is 0 Å². The van der Waals surface area contributed by atoms with E-state index in [4.69, 9.17) is 18.9 Å². The lowest BCUT2D eigenvalue weighted by molar-refractivity contribution is 0.0733. The Morgan fingerprint density at radius 1 is 0.781 bits per heavy atom. The Morgan fingerprint density at radius 3 is 1.84 bits per heavy atom. The van der Waals surface area contributed by atoms with Gasteiger partial charge in [0.05, 0.1) is 25.4 Å². The van der Waals surface area contributed by atoms with Gasteiger partial charge in [0.15, 0.2) is 11.5 Å². The summed E-state index contributed by atoms with van der Waals surface area (Å²) in [7, 11) is 0. The van der Waals surface area contributed by atoms with Crippen LogP contribution in [0, 0.1) is 0 Å². The molecule has 0 spiro atoms. The lowest BCUT2D eigenvalue weighted by Gasteiger charge is -2.16. The highest BCUT2D eigenvalue weighted by Crippen LogP contribution is 2.39. The molecule has 6 heteroatoms. The van der Waals surface area contributed by atoms with Crippen molar-refractivity contribution in [2.45, 2.75) is 20.8 Å². The van der Waals surface area contributed by atoms with Crippen LogP contribution >= 0.6 is 0 Å². The molecular formula is C26H27NO5. The molecule has 166 valence electrons. The van der Waals surface area contributed by atoms with Crippen molar-refractivity contribution in [2.75, 3.05) is 19.8 Å². The molecule has 0 saturated carbocycles. The van der Waals surface area contributed by atoms with Crippen LogP contribution in [0.15, 0.2) is 60.9 Å².